The fourth-order valence-electron chi connectivity index (χ4n) is 2.58. The van der Waals surface area contributed by atoms with E-state index in [4.69, 9.17) is 16.3 Å². The highest BCUT2D eigenvalue weighted by Gasteiger charge is 2.13. The number of thioether (sulfide) groups is 1. The Kier molecular flexibility index (Phi) is 7.05. The van der Waals surface area contributed by atoms with Gasteiger partial charge in [0.2, 0.25) is 0 Å². The topological polar surface area (TPSA) is 77.7 Å². The number of thiazole rings is 1. The molecule has 6 nitrogen and oxygen atoms in total. The predicted molar refractivity (Wildman–Crippen MR) is 119 cm³/mol. The Morgan fingerprint density at radius 2 is 1.97 bits per heavy atom. The summed E-state index contributed by atoms with van der Waals surface area (Å²) in [5.74, 6) is 0.942. The number of ether oxygens (including phenoxy) is 1. The summed E-state index contributed by atoms with van der Waals surface area (Å²) in [7, 11) is -3.31. The minimum Gasteiger partial charge on any atom is -0.484 e. The molecule has 0 radical (unpaired) electrons. The number of nitrogens with zero attached hydrogens (tertiary/aromatic N) is 2. The molecule has 0 N–H and O–H groups in total. The lowest BCUT2D eigenvalue weighted by Gasteiger charge is -2.05. The third-order valence-electron chi connectivity index (χ3n) is 4.00. The van der Waals surface area contributed by atoms with Gasteiger partial charge in [0.15, 0.2) is 21.2 Å². The van der Waals surface area contributed by atoms with E-state index in [0.717, 1.165) is 16.0 Å². The monoisotopic (exact) mass is 470 g/mol. The molecule has 0 spiro atoms. The number of amides is 1. The number of sulfone groups is 1. The molecular weight excluding hydrogens is 452 g/mol. The molecule has 0 bridgehead atoms. The molecule has 154 valence electrons. The lowest BCUT2D eigenvalue weighted by molar-refractivity contribution is -0.120. The third kappa shape index (κ3) is 5.63. The predicted octanol–water partition coefficient (Wildman–Crippen LogP) is 3.63. The van der Waals surface area contributed by atoms with Gasteiger partial charge in [0, 0.05) is 23.6 Å². The maximum atomic E-state index is 12.4. The number of fused-ring (bicyclic) bond motifs is 1. The molecule has 10 heteroatoms. The van der Waals surface area contributed by atoms with Gasteiger partial charge in [-0.25, -0.2) is 8.42 Å². The molecule has 29 heavy (non-hydrogen) atoms. The number of aryl methyl sites for hydroxylation is 1. The highest BCUT2D eigenvalue weighted by molar-refractivity contribution is 7.98. The number of carbonyl (C=O) groups is 1. The van der Waals surface area contributed by atoms with E-state index in [2.05, 4.69) is 4.99 Å². The van der Waals surface area contributed by atoms with Gasteiger partial charge in [0.1, 0.15) is 5.75 Å². The Balaban J connectivity index is 1.92. The second-order valence-electron chi connectivity index (χ2n) is 6.18. The van der Waals surface area contributed by atoms with Crippen molar-refractivity contribution in [2.45, 2.75) is 11.4 Å². The van der Waals surface area contributed by atoms with Gasteiger partial charge < -0.3 is 9.30 Å². The summed E-state index contributed by atoms with van der Waals surface area (Å²) >= 11 is 8.80. The van der Waals surface area contributed by atoms with Gasteiger partial charge >= 0.3 is 0 Å². The molecule has 0 unspecified atom stereocenters. The molecular formula is C19H19ClN2O4S3. The van der Waals surface area contributed by atoms with Crippen molar-refractivity contribution in [3.05, 3.63) is 52.3 Å². The number of rotatable bonds is 7. The van der Waals surface area contributed by atoms with Gasteiger partial charge in [-0.15, -0.1) is 0 Å². The average molecular weight is 471 g/mol. The van der Waals surface area contributed by atoms with Crippen LogP contribution in [-0.4, -0.2) is 43.8 Å². The van der Waals surface area contributed by atoms with E-state index in [1.54, 1.807) is 54.2 Å². The molecule has 0 aliphatic heterocycles. The van der Waals surface area contributed by atoms with Crippen molar-refractivity contribution >= 4 is 60.7 Å². The normalized spacial score (nSPS) is 12.4. The van der Waals surface area contributed by atoms with E-state index < -0.39 is 15.7 Å². The molecule has 3 aromatic rings. The molecule has 0 saturated carbocycles. The molecule has 1 amide bonds. The molecule has 0 aliphatic carbocycles. The summed E-state index contributed by atoms with van der Waals surface area (Å²) in [6.45, 7) is 0.455. The Hall–Kier alpha value is -1.81. The molecule has 0 fully saturated rings. The van der Waals surface area contributed by atoms with Crippen molar-refractivity contribution in [2.75, 3.05) is 24.9 Å². The van der Waals surface area contributed by atoms with Crippen LogP contribution in [0.2, 0.25) is 5.02 Å². The standard InChI is InChI=1S/C19H19ClN2O4S3/c1-27-10-9-22-16-8-7-15(29(2,24)25)11-17(16)28-19(22)21-18(23)12-26-14-5-3-13(20)4-6-14/h3-8,11H,9-10,12H2,1-2H3. The Morgan fingerprint density at radius 1 is 1.24 bits per heavy atom. The van der Waals surface area contributed by atoms with Crippen molar-refractivity contribution in [3.63, 3.8) is 0 Å². The highest BCUT2D eigenvalue weighted by atomic mass is 35.5. The number of carbonyl (C=O) groups excluding carboxylic acids is 1. The zero-order valence-corrected chi connectivity index (χ0v) is 19.0. The van der Waals surface area contributed by atoms with Gasteiger partial charge in [-0.05, 0) is 48.7 Å². The van der Waals surface area contributed by atoms with Crippen LogP contribution in [0.5, 0.6) is 5.75 Å². The van der Waals surface area contributed by atoms with Gasteiger partial charge in [0.05, 0.1) is 15.1 Å². The fourth-order valence-corrected chi connectivity index (χ4v) is 4.91. The molecule has 0 aliphatic rings. The molecule has 1 heterocycles. The summed E-state index contributed by atoms with van der Waals surface area (Å²) in [6.07, 6.45) is 3.17. The Bertz CT molecular complexity index is 1200. The van der Waals surface area contributed by atoms with Gasteiger partial charge in [-0.1, -0.05) is 22.9 Å². The molecule has 2 aromatic carbocycles. The zero-order valence-electron chi connectivity index (χ0n) is 15.8. The summed E-state index contributed by atoms with van der Waals surface area (Å²) in [6, 6.07) is 11.7. The van der Waals surface area contributed by atoms with E-state index in [0.29, 0.717) is 22.1 Å². The number of benzene rings is 2. The molecule has 0 saturated heterocycles. The van der Waals surface area contributed by atoms with Crippen molar-refractivity contribution in [2.24, 2.45) is 4.99 Å². The second-order valence-corrected chi connectivity index (χ2v) is 10.6. The minimum absolute atomic E-state index is 0.201. The van der Waals surface area contributed by atoms with Crippen LogP contribution in [-0.2, 0) is 21.2 Å². The van der Waals surface area contributed by atoms with Crippen LogP contribution in [0.25, 0.3) is 10.2 Å². The fraction of sp³-hybridized carbons (Fsp3) is 0.263. The van der Waals surface area contributed by atoms with Crippen LogP contribution >= 0.6 is 34.7 Å². The van der Waals surface area contributed by atoms with Gasteiger partial charge in [0.25, 0.3) is 5.91 Å². The minimum atomic E-state index is -3.31. The van der Waals surface area contributed by atoms with Crippen molar-refractivity contribution in [1.29, 1.82) is 0 Å². The highest BCUT2D eigenvalue weighted by Crippen LogP contribution is 2.22. The first-order valence-corrected chi connectivity index (χ1v) is 13.0. The van der Waals surface area contributed by atoms with Gasteiger partial charge in [-0.3, -0.25) is 4.79 Å². The number of aromatic nitrogens is 1. The summed E-state index contributed by atoms with van der Waals surface area (Å²) < 4.78 is 31.9. The Labute approximate surface area is 182 Å². The first-order chi connectivity index (χ1) is 13.8. The molecule has 0 atom stereocenters. The summed E-state index contributed by atoms with van der Waals surface area (Å²) in [5, 5.41) is 0.585. The lowest BCUT2D eigenvalue weighted by Crippen LogP contribution is -2.20. The van der Waals surface area contributed by atoms with E-state index >= 15 is 0 Å². The van der Waals surface area contributed by atoms with E-state index in [-0.39, 0.29) is 11.5 Å². The van der Waals surface area contributed by atoms with Crippen molar-refractivity contribution in [3.8, 4) is 5.75 Å². The SMILES string of the molecule is CSCCn1c(=NC(=O)COc2ccc(Cl)cc2)sc2cc(S(C)(=O)=O)ccc21. The lowest BCUT2D eigenvalue weighted by atomic mass is 10.3. The number of hydrogen-bond acceptors (Lipinski definition) is 6. The first-order valence-electron chi connectivity index (χ1n) is 8.56. The van der Waals surface area contributed by atoms with Crippen LogP contribution in [0, 0.1) is 0 Å². The van der Waals surface area contributed by atoms with Crippen LogP contribution < -0.4 is 9.54 Å². The largest absolute Gasteiger partial charge is 0.484 e. The second kappa shape index (κ2) is 9.34. The molecule has 3 rings (SSSR count). The van der Waals surface area contributed by atoms with Crippen molar-refractivity contribution in [1.82, 2.24) is 4.57 Å². The van der Waals surface area contributed by atoms with Crippen LogP contribution in [0.3, 0.4) is 0 Å². The number of hydrogen-bond donors (Lipinski definition) is 0. The zero-order chi connectivity index (χ0) is 21.0. The van der Waals surface area contributed by atoms with Gasteiger partial charge in [-0.2, -0.15) is 16.8 Å². The van der Waals surface area contributed by atoms with E-state index in [9.17, 15) is 13.2 Å². The Morgan fingerprint density at radius 3 is 2.62 bits per heavy atom. The first kappa shape index (κ1) is 21.9. The smallest absolute Gasteiger partial charge is 0.286 e. The number of halogens is 1. The maximum absolute atomic E-state index is 12.4. The van der Waals surface area contributed by atoms with E-state index in [1.165, 1.54) is 17.6 Å². The maximum Gasteiger partial charge on any atom is 0.286 e. The summed E-state index contributed by atoms with van der Waals surface area (Å²) in [5.41, 5.74) is 0.849. The van der Waals surface area contributed by atoms with Crippen molar-refractivity contribution < 1.29 is 17.9 Å². The average Bonchev–Trinajstić information content (AvgIpc) is 3.01. The van der Waals surface area contributed by atoms with E-state index in [1.807, 2.05) is 10.8 Å². The van der Waals surface area contributed by atoms with Crippen LogP contribution in [0.4, 0.5) is 0 Å². The molecule has 1 aromatic heterocycles. The third-order valence-corrected chi connectivity index (χ3v) is 6.99. The van der Waals surface area contributed by atoms with Crippen LogP contribution in [0.1, 0.15) is 0 Å². The van der Waals surface area contributed by atoms with Crippen LogP contribution in [0.15, 0.2) is 52.4 Å². The summed E-state index contributed by atoms with van der Waals surface area (Å²) in [4.78, 5) is 17.3. The quantitative estimate of drug-likeness (QED) is 0.527.